The molecule has 2 aliphatic rings. The van der Waals surface area contributed by atoms with Crippen molar-refractivity contribution in [1.29, 1.82) is 0 Å². The fourth-order valence-corrected chi connectivity index (χ4v) is 2.54. The Morgan fingerprint density at radius 1 is 1.46 bits per heavy atom. The Morgan fingerprint density at radius 2 is 2.15 bits per heavy atom. The number of carbonyl (C=O) groups excluding carboxylic acids is 1. The second-order valence-electron chi connectivity index (χ2n) is 5.01. The molecule has 2 fully saturated rings. The molecule has 2 N–H and O–H groups in total. The summed E-state index contributed by atoms with van der Waals surface area (Å²) in [6.45, 7) is 4.53. The van der Waals surface area contributed by atoms with Crippen LogP contribution in [0.1, 0.15) is 33.1 Å². The number of carbonyl (C=O) groups is 1. The maximum absolute atomic E-state index is 11.9. The van der Waals surface area contributed by atoms with E-state index in [0.29, 0.717) is 6.04 Å². The van der Waals surface area contributed by atoms with E-state index in [2.05, 4.69) is 0 Å². The third-order valence-electron chi connectivity index (χ3n) is 3.22. The fraction of sp³-hybridized carbons (Fsp3) is 0.900. The Hall–Kier alpha value is -0.570. The van der Waals surface area contributed by atoms with Crippen LogP contribution in [-0.2, 0) is 4.79 Å². The zero-order chi connectivity index (χ0) is 9.64. The Morgan fingerprint density at radius 3 is 2.54 bits per heavy atom. The first-order chi connectivity index (χ1) is 5.98. The number of likely N-dealkylation sites (tertiary alicyclic amines) is 1. The van der Waals surface area contributed by atoms with Gasteiger partial charge in [-0.1, -0.05) is 0 Å². The molecule has 1 saturated carbocycles. The van der Waals surface area contributed by atoms with Gasteiger partial charge in [-0.15, -0.1) is 0 Å². The maximum Gasteiger partial charge on any atom is 0.242 e. The molecule has 2 rings (SSSR count). The summed E-state index contributed by atoms with van der Waals surface area (Å²) in [5, 5.41) is 0. The largest absolute Gasteiger partial charge is 0.338 e. The summed E-state index contributed by atoms with van der Waals surface area (Å²) in [6.07, 6.45) is 3.70. The summed E-state index contributed by atoms with van der Waals surface area (Å²) in [5.41, 5.74) is 5.11. The van der Waals surface area contributed by atoms with E-state index in [-0.39, 0.29) is 5.91 Å². The van der Waals surface area contributed by atoms with E-state index >= 15 is 0 Å². The summed E-state index contributed by atoms with van der Waals surface area (Å²) in [7, 11) is 0. The molecule has 3 nitrogen and oxygen atoms in total. The minimum atomic E-state index is -0.690. The van der Waals surface area contributed by atoms with Gasteiger partial charge in [-0.2, -0.15) is 0 Å². The predicted octanol–water partition coefficient (Wildman–Crippen LogP) is 0.735. The van der Waals surface area contributed by atoms with Crippen LogP contribution in [-0.4, -0.2) is 28.9 Å². The van der Waals surface area contributed by atoms with Crippen LogP contribution in [0, 0.1) is 5.92 Å². The van der Waals surface area contributed by atoms with Crippen molar-refractivity contribution in [2.45, 2.75) is 44.7 Å². The van der Waals surface area contributed by atoms with Crippen LogP contribution in [0.25, 0.3) is 0 Å². The highest BCUT2D eigenvalue weighted by atomic mass is 16.2. The number of amides is 1. The number of hydrogen-bond donors (Lipinski definition) is 1. The van der Waals surface area contributed by atoms with Gasteiger partial charge in [-0.05, 0) is 39.0 Å². The van der Waals surface area contributed by atoms with Gasteiger partial charge < -0.3 is 10.6 Å². The number of piperidine rings is 1. The van der Waals surface area contributed by atoms with Crippen molar-refractivity contribution in [3.63, 3.8) is 0 Å². The molecule has 0 aromatic rings. The van der Waals surface area contributed by atoms with Crippen molar-refractivity contribution in [3.8, 4) is 0 Å². The molecule has 1 aliphatic carbocycles. The van der Waals surface area contributed by atoms with Crippen molar-refractivity contribution < 1.29 is 4.79 Å². The molecular formula is C10H18N2O. The quantitative estimate of drug-likeness (QED) is 0.650. The van der Waals surface area contributed by atoms with Crippen LogP contribution in [0.2, 0.25) is 0 Å². The molecule has 2 bridgehead atoms. The molecule has 74 valence electrons. The van der Waals surface area contributed by atoms with E-state index in [1.54, 1.807) is 13.8 Å². The van der Waals surface area contributed by atoms with E-state index < -0.39 is 5.54 Å². The van der Waals surface area contributed by atoms with Crippen molar-refractivity contribution in [3.05, 3.63) is 0 Å². The van der Waals surface area contributed by atoms with Gasteiger partial charge in [0.25, 0.3) is 0 Å². The second-order valence-corrected chi connectivity index (χ2v) is 5.01. The highest BCUT2D eigenvalue weighted by Gasteiger charge is 2.43. The Balaban J connectivity index is 2.07. The van der Waals surface area contributed by atoms with Gasteiger partial charge >= 0.3 is 0 Å². The topological polar surface area (TPSA) is 46.3 Å². The third kappa shape index (κ3) is 1.46. The molecule has 0 aromatic heterocycles. The van der Waals surface area contributed by atoms with Gasteiger partial charge in [0.05, 0.1) is 5.54 Å². The SMILES string of the molecule is CC(C)(N)C(=O)N1CC2CCC1C2. The van der Waals surface area contributed by atoms with E-state index in [4.69, 9.17) is 5.73 Å². The number of hydrogen-bond acceptors (Lipinski definition) is 2. The van der Waals surface area contributed by atoms with Crippen LogP contribution in [0.3, 0.4) is 0 Å². The van der Waals surface area contributed by atoms with Crippen LogP contribution >= 0.6 is 0 Å². The highest BCUT2D eigenvalue weighted by molar-refractivity contribution is 5.85. The van der Waals surface area contributed by atoms with Gasteiger partial charge in [0.1, 0.15) is 0 Å². The Labute approximate surface area is 79.3 Å². The molecule has 1 saturated heterocycles. The Bertz CT molecular complexity index is 232. The maximum atomic E-state index is 11.9. The van der Waals surface area contributed by atoms with Crippen LogP contribution < -0.4 is 5.73 Å². The number of nitrogens with two attached hydrogens (primary N) is 1. The number of fused-ring (bicyclic) bond motifs is 2. The van der Waals surface area contributed by atoms with Crippen LogP contribution in [0.15, 0.2) is 0 Å². The molecular weight excluding hydrogens is 164 g/mol. The minimum Gasteiger partial charge on any atom is -0.338 e. The van der Waals surface area contributed by atoms with E-state index in [1.165, 1.54) is 19.3 Å². The predicted molar refractivity (Wildman–Crippen MR) is 51.1 cm³/mol. The number of rotatable bonds is 1. The molecule has 0 spiro atoms. The monoisotopic (exact) mass is 182 g/mol. The smallest absolute Gasteiger partial charge is 0.242 e. The van der Waals surface area contributed by atoms with E-state index in [1.807, 2.05) is 4.90 Å². The first-order valence-corrected chi connectivity index (χ1v) is 5.08. The lowest BCUT2D eigenvalue weighted by atomic mass is 10.0. The lowest BCUT2D eigenvalue weighted by Gasteiger charge is -2.32. The molecule has 3 heteroatoms. The van der Waals surface area contributed by atoms with Gasteiger partial charge in [-0.25, -0.2) is 0 Å². The average molecular weight is 182 g/mol. The van der Waals surface area contributed by atoms with Gasteiger partial charge in [0, 0.05) is 12.6 Å². The van der Waals surface area contributed by atoms with Crippen molar-refractivity contribution in [2.75, 3.05) is 6.54 Å². The zero-order valence-corrected chi connectivity index (χ0v) is 8.42. The molecule has 1 amide bonds. The first-order valence-electron chi connectivity index (χ1n) is 5.08. The summed E-state index contributed by atoms with van der Waals surface area (Å²) in [6, 6.07) is 0.500. The standard InChI is InChI=1S/C10H18N2O/c1-10(2,11)9(13)12-6-7-3-4-8(12)5-7/h7-8H,3-6,11H2,1-2H3. The lowest BCUT2D eigenvalue weighted by molar-refractivity contribution is -0.137. The zero-order valence-electron chi connectivity index (χ0n) is 8.42. The van der Waals surface area contributed by atoms with E-state index in [0.717, 1.165) is 12.5 Å². The molecule has 2 unspecified atom stereocenters. The summed E-state index contributed by atoms with van der Waals surface area (Å²) in [4.78, 5) is 13.9. The molecule has 13 heavy (non-hydrogen) atoms. The van der Waals surface area contributed by atoms with Gasteiger partial charge in [0.2, 0.25) is 5.91 Å². The molecule has 1 aliphatic heterocycles. The minimum absolute atomic E-state index is 0.125. The number of nitrogens with zero attached hydrogens (tertiary/aromatic N) is 1. The second kappa shape index (κ2) is 2.71. The lowest BCUT2D eigenvalue weighted by Crippen LogP contribution is -2.53. The normalized spacial score (nSPS) is 32.7. The molecule has 2 atom stereocenters. The molecule has 0 radical (unpaired) electrons. The molecule has 0 aromatic carbocycles. The van der Waals surface area contributed by atoms with Gasteiger partial charge in [-0.3, -0.25) is 4.79 Å². The first kappa shape index (κ1) is 9.00. The van der Waals surface area contributed by atoms with Crippen LogP contribution in [0.4, 0.5) is 0 Å². The van der Waals surface area contributed by atoms with Crippen LogP contribution in [0.5, 0.6) is 0 Å². The summed E-state index contributed by atoms with van der Waals surface area (Å²) < 4.78 is 0. The summed E-state index contributed by atoms with van der Waals surface area (Å²) in [5.74, 6) is 0.885. The molecule has 1 heterocycles. The van der Waals surface area contributed by atoms with Crippen molar-refractivity contribution >= 4 is 5.91 Å². The summed E-state index contributed by atoms with van der Waals surface area (Å²) >= 11 is 0. The average Bonchev–Trinajstić information content (AvgIpc) is 2.60. The van der Waals surface area contributed by atoms with E-state index in [9.17, 15) is 4.79 Å². The fourth-order valence-electron chi connectivity index (χ4n) is 2.54. The third-order valence-corrected chi connectivity index (χ3v) is 3.22. The Kier molecular flexibility index (Phi) is 1.88. The van der Waals surface area contributed by atoms with Crippen molar-refractivity contribution in [2.24, 2.45) is 11.7 Å². The highest BCUT2D eigenvalue weighted by Crippen LogP contribution is 2.38. The van der Waals surface area contributed by atoms with Gasteiger partial charge in [0.15, 0.2) is 0 Å². The van der Waals surface area contributed by atoms with Crippen molar-refractivity contribution in [1.82, 2.24) is 4.90 Å².